The van der Waals surface area contributed by atoms with Gasteiger partial charge in [0.25, 0.3) is 0 Å². The van der Waals surface area contributed by atoms with Gasteiger partial charge in [-0.05, 0) is 32.7 Å². The predicted octanol–water partition coefficient (Wildman–Crippen LogP) is 3.74. The lowest BCUT2D eigenvalue weighted by molar-refractivity contribution is 0.159. The lowest BCUT2D eigenvalue weighted by Crippen LogP contribution is -2.39. The Morgan fingerprint density at radius 2 is 2.04 bits per heavy atom. The van der Waals surface area contributed by atoms with Gasteiger partial charge in [0.1, 0.15) is 11.5 Å². The molecule has 2 rings (SSSR count). The van der Waals surface area contributed by atoms with Crippen molar-refractivity contribution >= 4 is 23.3 Å². The molecule has 1 aromatic rings. The van der Waals surface area contributed by atoms with Crippen LogP contribution >= 0.6 is 11.6 Å². The number of nitrogens with zero attached hydrogens (tertiary/aromatic N) is 1. The minimum Gasteiger partial charge on any atom is -0.495 e. The number of likely N-dealkylation sites (tertiary alicyclic amines) is 1. The molecule has 2 N–H and O–H groups in total. The summed E-state index contributed by atoms with van der Waals surface area (Å²) in [7, 11) is 3.06. The van der Waals surface area contributed by atoms with Crippen LogP contribution in [-0.2, 0) is 0 Å². The minimum atomic E-state index is -0.269. The summed E-state index contributed by atoms with van der Waals surface area (Å²) in [6.45, 7) is 5.08. The fourth-order valence-electron chi connectivity index (χ4n) is 3.10. The topological polar surface area (TPSA) is 62.8 Å². The second-order valence-electron chi connectivity index (χ2n) is 6.30. The molecular formula is C18H28ClN3O3. The Balaban J connectivity index is 1.80. The molecule has 0 aromatic heterocycles. The van der Waals surface area contributed by atoms with E-state index in [1.807, 2.05) is 0 Å². The van der Waals surface area contributed by atoms with Crippen molar-refractivity contribution in [3.05, 3.63) is 17.2 Å². The van der Waals surface area contributed by atoms with Crippen LogP contribution in [0.2, 0.25) is 5.02 Å². The fourth-order valence-corrected chi connectivity index (χ4v) is 3.33. The van der Waals surface area contributed by atoms with Gasteiger partial charge in [-0.25, -0.2) is 4.79 Å². The Morgan fingerprint density at radius 1 is 1.28 bits per heavy atom. The van der Waals surface area contributed by atoms with Gasteiger partial charge >= 0.3 is 6.03 Å². The quantitative estimate of drug-likeness (QED) is 0.718. The number of anilines is 1. The molecule has 0 bridgehead atoms. The number of ether oxygens (including phenoxy) is 2. The van der Waals surface area contributed by atoms with Gasteiger partial charge in [-0.3, -0.25) is 0 Å². The first-order valence-corrected chi connectivity index (χ1v) is 9.13. The van der Waals surface area contributed by atoms with Crippen LogP contribution in [0.5, 0.6) is 11.5 Å². The number of rotatable bonds is 7. The van der Waals surface area contributed by atoms with Gasteiger partial charge in [0, 0.05) is 31.3 Å². The molecular weight excluding hydrogens is 342 g/mol. The first kappa shape index (κ1) is 19.7. The number of methoxy groups -OCH3 is 2. The van der Waals surface area contributed by atoms with Crippen molar-refractivity contribution in [1.82, 2.24) is 10.2 Å². The zero-order valence-electron chi connectivity index (χ0n) is 15.2. The molecule has 6 nitrogen and oxygen atoms in total. The van der Waals surface area contributed by atoms with Crippen molar-refractivity contribution < 1.29 is 14.3 Å². The zero-order chi connectivity index (χ0) is 18.2. The van der Waals surface area contributed by atoms with E-state index in [2.05, 4.69) is 22.5 Å². The molecule has 1 aromatic carbocycles. The van der Waals surface area contributed by atoms with Crippen molar-refractivity contribution in [3.8, 4) is 11.5 Å². The van der Waals surface area contributed by atoms with Crippen LogP contribution in [0.1, 0.15) is 32.6 Å². The number of benzene rings is 1. The average molecular weight is 370 g/mol. The number of nitrogens with one attached hydrogen (secondary N) is 2. The highest BCUT2D eigenvalue weighted by molar-refractivity contribution is 6.32. The molecule has 1 aliphatic heterocycles. The first-order chi connectivity index (χ1) is 12.0. The third kappa shape index (κ3) is 5.68. The maximum absolute atomic E-state index is 12.1. The fraction of sp³-hybridized carbons (Fsp3) is 0.611. The van der Waals surface area contributed by atoms with Gasteiger partial charge in [-0.2, -0.15) is 0 Å². The molecule has 0 saturated carbocycles. The summed E-state index contributed by atoms with van der Waals surface area (Å²) in [6.07, 6.45) is 4.80. The molecule has 0 radical (unpaired) electrons. The number of hydrogen-bond donors (Lipinski definition) is 2. The van der Waals surface area contributed by atoms with Gasteiger partial charge in [0.15, 0.2) is 0 Å². The number of halogens is 1. The molecule has 140 valence electrons. The largest absolute Gasteiger partial charge is 0.495 e. The number of hydrogen-bond acceptors (Lipinski definition) is 4. The number of carbonyl (C=O) groups excluding carboxylic acids is 1. The normalized spacial score (nSPS) is 17.8. The van der Waals surface area contributed by atoms with E-state index in [0.717, 1.165) is 19.5 Å². The lowest BCUT2D eigenvalue weighted by atomic mass is 10.0. The lowest BCUT2D eigenvalue weighted by Gasteiger charge is -2.33. The summed E-state index contributed by atoms with van der Waals surface area (Å²) >= 11 is 6.07. The van der Waals surface area contributed by atoms with E-state index in [-0.39, 0.29) is 6.03 Å². The van der Waals surface area contributed by atoms with E-state index in [0.29, 0.717) is 34.8 Å². The standard InChI is InChI=1S/C18H28ClN3O3/c1-13-7-4-5-9-22(13)10-6-8-20-18(23)21-15-12-16(24-2)14(19)11-17(15)25-3/h11-13H,4-10H2,1-3H3,(H2,20,21,23). The summed E-state index contributed by atoms with van der Waals surface area (Å²) in [5.41, 5.74) is 0.519. The summed E-state index contributed by atoms with van der Waals surface area (Å²) in [5, 5.41) is 6.10. The molecule has 1 atom stereocenters. The van der Waals surface area contributed by atoms with E-state index >= 15 is 0 Å². The molecule has 7 heteroatoms. The Labute approximate surface area is 154 Å². The number of carbonyl (C=O) groups is 1. The van der Waals surface area contributed by atoms with E-state index in [1.165, 1.54) is 33.5 Å². The van der Waals surface area contributed by atoms with Crippen molar-refractivity contribution in [2.75, 3.05) is 39.2 Å². The van der Waals surface area contributed by atoms with Crippen LogP contribution < -0.4 is 20.1 Å². The summed E-state index contributed by atoms with van der Waals surface area (Å²) in [5.74, 6) is 0.972. The van der Waals surface area contributed by atoms with Crippen molar-refractivity contribution in [2.45, 2.75) is 38.6 Å². The highest BCUT2D eigenvalue weighted by Gasteiger charge is 2.17. The monoisotopic (exact) mass is 369 g/mol. The van der Waals surface area contributed by atoms with Crippen molar-refractivity contribution in [3.63, 3.8) is 0 Å². The van der Waals surface area contributed by atoms with E-state index < -0.39 is 0 Å². The Morgan fingerprint density at radius 3 is 2.72 bits per heavy atom. The van der Waals surface area contributed by atoms with Gasteiger partial charge in [0.05, 0.1) is 24.9 Å². The second-order valence-corrected chi connectivity index (χ2v) is 6.71. The van der Waals surface area contributed by atoms with Crippen LogP contribution in [0.25, 0.3) is 0 Å². The molecule has 1 aliphatic rings. The van der Waals surface area contributed by atoms with E-state index in [1.54, 1.807) is 12.1 Å². The van der Waals surface area contributed by atoms with Crippen LogP contribution in [0.15, 0.2) is 12.1 Å². The Bertz CT molecular complexity index is 583. The van der Waals surface area contributed by atoms with Crippen LogP contribution in [0, 0.1) is 0 Å². The molecule has 1 saturated heterocycles. The van der Waals surface area contributed by atoms with Crippen molar-refractivity contribution in [1.29, 1.82) is 0 Å². The van der Waals surface area contributed by atoms with Gasteiger partial charge in [-0.15, -0.1) is 0 Å². The average Bonchev–Trinajstić information content (AvgIpc) is 2.61. The van der Waals surface area contributed by atoms with Crippen LogP contribution in [0.3, 0.4) is 0 Å². The van der Waals surface area contributed by atoms with Crippen LogP contribution in [-0.4, -0.2) is 50.8 Å². The number of amides is 2. The smallest absolute Gasteiger partial charge is 0.319 e. The van der Waals surface area contributed by atoms with Gasteiger partial charge in [0.2, 0.25) is 0 Å². The second kappa shape index (κ2) is 9.73. The molecule has 25 heavy (non-hydrogen) atoms. The first-order valence-electron chi connectivity index (χ1n) is 8.75. The van der Waals surface area contributed by atoms with E-state index in [9.17, 15) is 4.79 Å². The highest BCUT2D eigenvalue weighted by Crippen LogP contribution is 2.35. The minimum absolute atomic E-state index is 0.269. The summed E-state index contributed by atoms with van der Waals surface area (Å²) < 4.78 is 10.4. The molecule has 0 spiro atoms. The summed E-state index contributed by atoms with van der Waals surface area (Å²) in [6, 6.07) is 3.65. The molecule has 2 amide bonds. The highest BCUT2D eigenvalue weighted by atomic mass is 35.5. The summed E-state index contributed by atoms with van der Waals surface area (Å²) in [4.78, 5) is 14.6. The predicted molar refractivity (Wildman–Crippen MR) is 101 cm³/mol. The number of urea groups is 1. The molecule has 0 aliphatic carbocycles. The molecule has 1 unspecified atom stereocenters. The van der Waals surface area contributed by atoms with Gasteiger partial charge < -0.3 is 25.0 Å². The third-order valence-electron chi connectivity index (χ3n) is 4.57. The third-order valence-corrected chi connectivity index (χ3v) is 4.87. The van der Waals surface area contributed by atoms with E-state index in [4.69, 9.17) is 21.1 Å². The maximum Gasteiger partial charge on any atom is 0.319 e. The SMILES string of the molecule is COc1cc(NC(=O)NCCCN2CCCCC2C)c(OC)cc1Cl. The van der Waals surface area contributed by atoms with Crippen LogP contribution in [0.4, 0.5) is 10.5 Å². The Kier molecular flexibility index (Phi) is 7.65. The Hall–Kier alpha value is -1.66. The molecule has 1 heterocycles. The van der Waals surface area contributed by atoms with Gasteiger partial charge in [-0.1, -0.05) is 18.0 Å². The molecule has 1 fully saturated rings. The zero-order valence-corrected chi connectivity index (χ0v) is 16.0. The number of piperidine rings is 1. The van der Waals surface area contributed by atoms with Crippen molar-refractivity contribution in [2.24, 2.45) is 0 Å². The maximum atomic E-state index is 12.1.